The summed E-state index contributed by atoms with van der Waals surface area (Å²) in [6.07, 6.45) is 4.08. The summed E-state index contributed by atoms with van der Waals surface area (Å²) < 4.78 is 0. The molecular weight excluding hydrogens is 288 g/mol. The van der Waals surface area contributed by atoms with Gasteiger partial charge in [0.05, 0.1) is 5.56 Å². The Balaban J connectivity index is 1.77. The predicted octanol–water partition coefficient (Wildman–Crippen LogP) is 2.65. The van der Waals surface area contributed by atoms with Gasteiger partial charge in [0.2, 0.25) is 0 Å². The van der Waals surface area contributed by atoms with Crippen LogP contribution in [0.15, 0.2) is 30.5 Å². The lowest BCUT2D eigenvalue weighted by molar-refractivity contribution is 0.477. The number of hydrogen-bond donors (Lipinski definition) is 3. The van der Waals surface area contributed by atoms with Crippen molar-refractivity contribution in [2.45, 2.75) is 18.9 Å². The second-order valence-electron chi connectivity index (χ2n) is 5.31. The molecule has 2 aromatic rings. The predicted molar refractivity (Wildman–Crippen MR) is 83.3 cm³/mol. The van der Waals surface area contributed by atoms with Gasteiger partial charge in [-0.2, -0.15) is 0 Å². The number of benzene rings is 1. The lowest BCUT2D eigenvalue weighted by atomic mass is 10.2. The fraction of sp³-hybridized carbons (Fsp3) is 0.333. The van der Waals surface area contributed by atoms with Crippen LogP contribution in [0.25, 0.3) is 11.4 Å². The van der Waals surface area contributed by atoms with Gasteiger partial charge >= 0.3 is 0 Å². The number of phenolic OH excluding ortho intramolecular Hbond substituents is 1. The van der Waals surface area contributed by atoms with Crippen LogP contribution in [-0.2, 0) is 0 Å². The Morgan fingerprint density at radius 3 is 2.95 bits per heavy atom. The fourth-order valence-electron chi connectivity index (χ4n) is 2.19. The number of hydrogen-bond acceptors (Lipinski definition) is 5. The van der Waals surface area contributed by atoms with E-state index in [0.29, 0.717) is 34.7 Å². The molecule has 1 fully saturated rings. The van der Waals surface area contributed by atoms with Crippen LogP contribution in [-0.4, -0.2) is 27.7 Å². The van der Waals surface area contributed by atoms with E-state index >= 15 is 0 Å². The lowest BCUT2D eigenvalue weighted by Crippen LogP contribution is -2.31. The first kappa shape index (κ1) is 14.1. The van der Waals surface area contributed by atoms with Crippen molar-refractivity contribution in [1.29, 1.82) is 0 Å². The molecule has 3 rings (SSSR count). The molecule has 1 heterocycles. The van der Waals surface area contributed by atoms with E-state index in [1.165, 1.54) is 18.9 Å². The van der Waals surface area contributed by atoms with Crippen LogP contribution in [0, 0.1) is 5.92 Å². The zero-order valence-electron chi connectivity index (χ0n) is 11.5. The van der Waals surface area contributed by atoms with Crippen LogP contribution in [0.3, 0.4) is 0 Å². The van der Waals surface area contributed by atoms with E-state index in [0.717, 1.165) is 0 Å². The molecule has 1 aromatic carbocycles. The molecular formula is C15H17ClN4O. The molecule has 1 atom stereocenters. The summed E-state index contributed by atoms with van der Waals surface area (Å²) >= 11 is 5.95. The minimum Gasteiger partial charge on any atom is -0.507 e. The SMILES string of the molecule is NC(CNc1ccnc(-c2cc(Cl)ccc2O)n1)C1CC1. The van der Waals surface area contributed by atoms with Crippen molar-refractivity contribution in [3.63, 3.8) is 0 Å². The monoisotopic (exact) mass is 304 g/mol. The third kappa shape index (κ3) is 3.43. The highest BCUT2D eigenvalue weighted by Gasteiger charge is 2.28. The number of halogens is 1. The highest BCUT2D eigenvalue weighted by Crippen LogP contribution is 2.32. The minimum atomic E-state index is 0.103. The van der Waals surface area contributed by atoms with Crippen LogP contribution < -0.4 is 11.1 Å². The van der Waals surface area contributed by atoms with Gasteiger partial charge in [-0.1, -0.05) is 11.6 Å². The quantitative estimate of drug-likeness (QED) is 0.791. The third-order valence-corrected chi connectivity index (χ3v) is 3.84. The van der Waals surface area contributed by atoms with E-state index < -0.39 is 0 Å². The smallest absolute Gasteiger partial charge is 0.165 e. The lowest BCUT2D eigenvalue weighted by Gasteiger charge is -2.12. The Labute approximate surface area is 128 Å². The van der Waals surface area contributed by atoms with E-state index in [1.54, 1.807) is 24.4 Å². The largest absolute Gasteiger partial charge is 0.507 e. The van der Waals surface area contributed by atoms with Crippen LogP contribution in [0.4, 0.5) is 5.82 Å². The molecule has 5 nitrogen and oxygen atoms in total. The van der Waals surface area contributed by atoms with Gasteiger partial charge in [0.1, 0.15) is 11.6 Å². The Kier molecular flexibility index (Phi) is 3.94. The Bertz CT molecular complexity index is 645. The zero-order chi connectivity index (χ0) is 14.8. The molecule has 0 amide bonds. The highest BCUT2D eigenvalue weighted by molar-refractivity contribution is 6.30. The first-order valence-corrected chi connectivity index (χ1v) is 7.32. The minimum absolute atomic E-state index is 0.103. The molecule has 1 aliphatic rings. The summed E-state index contributed by atoms with van der Waals surface area (Å²) in [5.74, 6) is 1.86. The number of nitrogens with two attached hydrogens (primary N) is 1. The van der Waals surface area contributed by atoms with Gasteiger partial charge in [0, 0.05) is 23.8 Å². The number of rotatable bonds is 5. The van der Waals surface area contributed by atoms with Gasteiger partial charge in [-0.05, 0) is 43.0 Å². The maximum Gasteiger partial charge on any atom is 0.165 e. The molecule has 6 heteroatoms. The maximum atomic E-state index is 9.90. The number of aromatic hydroxyl groups is 1. The van der Waals surface area contributed by atoms with Gasteiger partial charge < -0.3 is 16.2 Å². The van der Waals surface area contributed by atoms with Crippen molar-refractivity contribution in [3.05, 3.63) is 35.5 Å². The van der Waals surface area contributed by atoms with Crippen molar-refractivity contribution >= 4 is 17.4 Å². The summed E-state index contributed by atoms with van der Waals surface area (Å²) in [6, 6.07) is 6.74. The summed E-state index contributed by atoms with van der Waals surface area (Å²) in [5, 5.41) is 13.6. The van der Waals surface area contributed by atoms with Crippen LogP contribution >= 0.6 is 11.6 Å². The first-order chi connectivity index (χ1) is 10.1. The van der Waals surface area contributed by atoms with E-state index in [4.69, 9.17) is 17.3 Å². The average Bonchev–Trinajstić information content (AvgIpc) is 3.32. The van der Waals surface area contributed by atoms with Gasteiger partial charge in [-0.3, -0.25) is 0 Å². The standard InChI is InChI=1S/C15H17ClN4O/c16-10-3-4-13(21)11(7-10)15-18-6-5-14(20-15)19-8-12(17)9-1-2-9/h3-7,9,12,21H,1-2,8,17H2,(H,18,19,20). The van der Waals surface area contributed by atoms with E-state index in [1.807, 2.05) is 0 Å². The molecule has 21 heavy (non-hydrogen) atoms. The second-order valence-corrected chi connectivity index (χ2v) is 5.75. The van der Waals surface area contributed by atoms with Gasteiger partial charge in [0.25, 0.3) is 0 Å². The number of aromatic nitrogens is 2. The van der Waals surface area contributed by atoms with Crippen LogP contribution in [0.2, 0.25) is 5.02 Å². The number of nitrogens with one attached hydrogen (secondary N) is 1. The molecule has 1 aliphatic carbocycles. The summed E-state index contributed by atoms with van der Waals surface area (Å²) in [6.45, 7) is 0.683. The van der Waals surface area contributed by atoms with Crippen molar-refractivity contribution < 1.29 is 5.11 Å². The Hall–Kier alpha value is -1.85. The topological polar surface area (TPSA) is 84.1 Å². The van der Waals surface area contributed by atoms with Gasteiger partial charge in [0.15, 0.2) is 5.82 Å². The van der Waals surface area contributed by atoms with Gasteiger partial charge in [-0.15, -0.1) is 0 Å². The normalized spacial score (nSPS) is 15.7. The summed E-state index contributed by atoms with van der Waals surface area (Å²) in [4.78, 5) is 8.59. The molecule has 1 aromatic heterocycles. The molecule has 0 saturated heterocycles. The average molecular weight is 305 g/mol. The van der Waals surface area contributed by atoms with E-state index in [-0.39, 0.29) is 11.8 Å². The van der Waals surface area contributed by atoms with Crippen molar-refractivity contribution in [2.24, 2.45) is 11.7 Å². The maximum absolute atomic E-state index is 9.90. The number of anilines is 1. The fourth-order valence-corrected chi connectivity index (χ4v) is 2.36. The van der Waals surface area contributed by atoms with Crippen molar-refractivity contribution in [3.8, 4) is 17.1 Å². The highest BCUT2D eigenvalue weighted by atomic mass is 35.5. The Morgan fingerprint density at radius 1 is 1.38 bits per heavy atom. The van der Waals surface area contributed by atoms with Crippen LogP contribution in [0.1, 0.15) is 12.8 Å². The molecule has 0 radical (unpaired) electrons. The molecule has 0 spiro atoms. The molecule has 0 aliphatic heterocycles. The Morgan fingerprint density at radius 2 is 2.19 bits per heavy atom. The van der Waals surface area contributed by atoms with E-state index in [2.05, 4.69) is 15.3 Å². The molecule has 4 N–H and O–H groups in total. The summed E-state index contributed by atoms with van der Waals surface area (Å²) in [7, 11) is 0. The van der Waals surface area contributed by atoms with Gasteiger partial charge in [-0.25, -0.2) is 9.97 Å². The molecule has 0 bridgehead atoms. The van der Waals surface area contributed by atoms with Crippen molar-refractivity contribution in [1.82, 2.24) is 9.97 Å². The number of phenols is 1. The second kappa shape index (κ2) is 5.87. The number of nitrogens with zero attached hydrogens (tertiary/aromatic N) is 2. The molecule has 1 saturated carbocycles. The summed E-state index contributed by atoms with van der Waals surface area (Å²) in [5.41, 5.74) is 6.57. The molecule has 1 unspecified atom stereocenters. The van der Waals surface area contributed by atoms with Crippen molar-refractivity contribution in [2.75, 3.05) is 11.9 Å². The van der Waals surface area contributed by atoms with Crippen LogP contribution in [0.5, 0.6) is 5.75 Å². The third-order valence-electron chi connectivity index (χ3n) is 3.60. The zero-order valence-corrected chi connectivity index (χ0v) is 12.2. The first-order valence-electron chi connectivity index (χ1n) is 6.95. The van der Waals surface area contributed by atoms with E-state index in [9.17, 15) is 5.11 Å². The molecule has 110 valence electrons.